The topological polar surface area (TPSA) is 102 Å². The molecule has 2 aromatic carbocycles. The second-order valence-corrected chi connectivity index (χ2v) is 9.04. The summed E-state index contributed by atoms with van der Waals surface area (Å²) in [6, 6.07) is 11.0. The number of carbonyl (C=O) groups excluding carboxylic acids is 2. The first-order chi connectivity index (χ1) is 14.7. The number of unbranched alkanes of at least 4 members (excludes halogenated alkanes) is 1. The van der Waals surface area contributed by atoms with Gasteiger partial charge in [-0.3, -0.25) is 4.79 Å². The van der Waals surface area contributed by atoms with Gasteiger partial charge in [-0.25, -0.2) is 13.2 Å². The summed E-state index contributed by atoms with van der Waals surface area (Å²) in [6.07, 6.45) is 1.73. The maximum Gasteiger partial charge on any atom is 0.338 e. The molecule has 168 valence electrons. The monoisotopic (exact) mass is 448 g/mol. The van der Waals surface area contributed by atoms with Gasteiger partial charge < -0.3 is 14.8 Å². The first-order valence-electron chi connectivity index (χ1n) is 9.87. The number of ether oxygens (including phenoxy) is 2. The lowest BCUT2D eigenvalue weighted by atomic mass is 10.2. The molecule has 0 heterocycles. The van der Waals surface area contributed by atoms with Gasteiger partial charge in [-0.1, -0.05) is 19.4 Å². The summed E-state index contributed by atoms with van der Waals surface area (Å²) >= 11 is 0. The molecule has 0 spiro atoms. The fourth-order valence-electron chi connectivity index (χ4n) is 2.72. The smallest absolute Gasteiger partial charge is 0.338 e. The van der Waals surface area contributed by atoms with Gasteiger partial charge in [0.1, 0.15) is 10.6 Å². The maximum absolute atomic E-state index is 12.9. The fourth-order valence-corrected chi connectivity index (χ4v) is 4.09. The summed E-state index contributed by atoms with van der Waals surface area (Å²) in [4.78, 5) is 24.3. The Bertz CT molecular complexity index is 1020. The summed E-state index contributed by atoms with van der Waals surface area (Å²) < 4.78 is 37.0. The molecule has 1 amide bonds. The minimum Gasteiger partial charge on any atom is -0.495 e. The largest absolute Gasteiger partial charge is 0.495 e. The first kappa shape index (κ1) is 24.4. The van der Waals surface area contributed by atoms with Crippen LogP contribution in [0.3, 0.4) is 0 Å². The van der Waals surface area contributed by atoms with Crippen LogP contribution in [-0.4, -0.2) is 51.9 Å². The summed E-state index contributed by atoms with van der Waals surface area (Å²) in [5.41, 5.74) is 1.57. The number of carbonyl (C=O) groups is 2. The molecule has 1 N–H and O–H groups in total. The Morgan fingerprint density at radius 1 is 1.10 bits per heavy atom. The molecule has 9 heteroatoms. The molecule has 0 aliphatic heterocycles. The number of nitrogens with zero attached hydrogens (tertiary/aromatic N) is 1. The molecule has 0 saturated heterocycles. The SMILES string of the molecule is CCCCOC(=O)c1ccc(NC(=O)CN(C)S(=O)(=O)c2cc(C)ccc2OC)cc1. The molecule has 0 aromatic heterocycles. The molecule has 0 radical (unpaired) electrons. The standard InChI is InChI=1S/C22H28N2O6S/c1-5-6-13-30-22(26)17-8-10-18(11-9-17)23-21(25)15-24(3)31(27,28)20-14-16(2)7-12-19(20)29-4/h7-12,14H,5-6,13,15H2,1-4H3,(H,23,25). The number of esters is 1. The third-order valence-electron chi connectivity index (χ3n) is 4.51. The predicted octanol–water partition coefficient (Wildman–Crippen LogP) is 3.22. The Labute approximate surface area is 183 Å². The highest BCUT2D eigenvalue weighted by molar-refractivity contribution is 7.89. The molecule has 0 aliphatic carbocycles. The van der Waals surface area contributed by atoms with Crippen LogP contribution in [-0.2, 0) is 19.6 Å². The van der Waals surface area contributed by atoms with E-state index in [-0.39, 0.29) is 17.2 Å². The van der Waals surface area contributed by atoms with Crippen molar-refractivity contribution in [1.82, 2.24) is 4.31 Å². The summed E-state index contributed by atoms with van der Waals surface area (Å²) in [5, 5.41) is 2.63. The average Bonchev–Trinajstić information content (AvgIpc) is 2.74. The number of benzene rings is 2. The lowest BCUT2D eigenvalue weighted by Gasteiger charge is -2.19. The van der Waals surface area contributed by atoms with Crippen LogP contribution in [0.1, 0.15) is 35.7 Å². The van der Waals surface area contributed by atoms with Crippen LogP contribution in [0.5, 0.6) is 5.75 Å². The lowest BCUT2D eigenvalue weighted by Crippen LogP contribution is -2.35. The van der Waals surface area contributed by atoms with Crippen LogP contribution < -0.4 is 10.1 Å². The van der Waals surface area contributed by atoms with E-state index in [0.29, 0.717) is 17.9 Å². The van der Waals surface area contributed by atoms with E-state index in [1.807, 2.05) is 6.92 Å². The lowest BCUT2D eigenvalue weighted by molar-refractivity contribution is -0.116. The molecular formula is C22H28N2O6S. The number of sulfonamides is 1. The predicted molar refractivity (Wildman–Crippen MR) is 118 cm³/mol. The van der Waals surface area contributed by atoms with E-state index in [1.165, 1.54) is 20.2 Å². The third-order valence-corrected chi connectivity index (χ3v) is 6.33. The second kappa shape index (κ2) is 10.9. The van der Waals surface area contributed by atoms with Gasteiger partial charge in [-0.15, -0.1) is 0 Å². The Balaban J connectivity index is 2.02. The molecule has 8 nitrogen and oxygen atoms in total. The molecule has 2 rings (SSSR count). The highest BCUT2D eigenvalue weighted by atomic mass is 32.2. The van der Waals surface area contributed by atoms with Gasteiger partial charge in [0.25, 0.3) is 0 Å². The van der Waals surface area contributed by atoms with Crippen LogP contribution in [0.15, 0.2) is 47.4 Å². The Kier molecular flexibility index (Phi) is 8.58. The van der Waals surface area contributed by atoms with Crippen molar-refractivity contribution in [2.45, 2.75) is 31.6 Å². The van der Waals surface area contributed by atoms with Crippen molar-refractivity contribution in [3.05, 3.63) is 53.6 Å². The van der Waals surface area contributed by atoms with Gasteiger partial charge in [0, 0.05) is 12.7 Å². The van der Waals surface area contributed by atoms with Crippen molar-refractivity contribution in [2.75, 3.05) is 32.6 Å². The van der Waals surface area contributed by atoms with Gasteiger partial charge >= 0.3 is 5.97 Å². The maximum atomic E-state index is 12.9. The highest BCUT2D eigenvalue weighted by Crippen LogP contribution is 2.27. The van der Waals surface area contributed by atoms with Gasteiger partial charge in [0.05, 0.1) is 25.8 Å². The van der Waals surface area contributed by atoms with Gasteiger partial charge in [0.2, 0.25) is 15.9 Å². The van der Waals surface area contributed by atoms with Crippen molar-refractivity contribution in [1.29, 1.82) is 0 Å². The number of likely N-dealkylation sites (N-methyl/N-ethyl adjacent to an activating group) is 1. The van der Waals surface area contributed by atoms with Gasteiger partial charge in [0.15, 0.2) is 0 Å². The number of anilines is 1. The third kappa shape index (κ3) is 6.53. The number of nitrogens with one attached hydrogen (secondary N) is 1. The summed E-state index contributed by atoms with van der Waals surface area (Å²) in [5.74, 6) is -0.737. The zero-order valence-corrected chi connectivity index (χ0v) is 19.0. The number of hydrogen-bond acceptors (Lipinski definition) is 6. The molecule has 0 unspecified atom stereocenters. The number of aryl methyl sites for hydroxylation is 1. The normalized spacial score (nSPS) is 11.3. The van der Waals surface area contributed by atoms with Crippen molar-refractivity contribution >= 4 is 27.6 Å². The van der Waals surface area contributed by atoms with Crippen LogP contribution in [0.2, 0.25) is 0 Å². The number of methoxy groups -OCH3 is 1. The van der Waals surface area contributed by atoms with E-state index >= 15 is 0 Å². The molecule has 0 aliphatic rings. The van der Waals surface area contributed by atoms with E-state index in [1.54, 1.807) is 43.3 Å². The molecule has 2 aromatic rings. The summed E-state index contributed by atoms with van der Waals surface area (Å²) in [7, 11) is -1.22. The number of rotatable bonds is 10. The molecule has 31 heavy (non-hydrogen) atoms. The zero-order chi connectivity index (χ0) is 23.0. The molecule has 0 atom stereocenters. The van der Waals surface area contributed by atoms with Crippen molar-refractivity contribution in [3.8, 4) is 5.75 Å². The van der Waals surface area contributed by atoms with Gasteiger partial charge in [-0.2, -0.15) is 4.31 Å². The quantitative estimate of drug-likeness (QED) is 0.442. The molecule has 0 fully saturated rings. The average molecular weight is 449 g/mol. The number of hydrogen-bond donors (Lipinski definition) is 1. The van der Waals surface area contributed by atoms with Crippen LogP contribution in [0, 0.1) is 6.92 Å². The number of amides is 1. The van der Waals surface area contributed by atoms with Crippen LogP contribution >= 0.6 is 0 Å². The van der Waals surface area contributed by atoms with Crippen molar-refractivity contribution < 1.29 is 27.5 Å². The second-order valence-electron chi connectivity index (χ2n) is 7.03. The highest BCUT2D eigenvalue weighted by Gasteiger charge is 2.26. The minimum atomic E-state index is -3.93. The first-order valence-corrected chi connectivity index (χ1v) is 11.3. The van der Waals surface area contributed by atoms with E-state index in [2.05, 4.69) is 5.32 Å². The van der Waals surface area contributed by atoms with Crippen molar-refractivity contribution in [2.24, 2.45) is 0 Å². The Hall–Kier alpha value is -2.91. The van der Waals surface area contributed by atoms with Crippen LogP contribution in [0.25, 0.3) is 0 Å². The molecular weight excluding hydrogens is 420 g/mol. The molecule has 0 saturated carbocycles. The Morgan fingerprint density at radius 2 is 1.77 bits per heavy atom. The van der Waals surface area contributed by atoms with Crippen molar-refractivity contribution in [3.63, 3.8) is 0 Å². The van der Waals surface area contributed by atoms with Gasteiger partial charge in [-0.05, 0) is 55.3 Å². The zero-order valence-electron chi connectivity index (χ0n) is 18.2. The fraction of sp³-hybridized carbons (Fsp3) is 0.364. The Morgan fingerprint density at radius 3 is 2.39 bits per heavy atom. The van der Waals surface area contributed by atoms with E-state index in [0.717, 1.165) is 22.7 Å². The van der Waals surface area contributed by atoms with E-state index in [9.17, 15) is 18.0 Å². The summed E-state index contributed by atoms with van der Waals surface area (Å²) in [6.45, 7) is 3.75. The molecule has 0 bridgehead atoms. The van der Waals surface area contributed by atoms with E-state index in [4.69, 9.17) is 9.47 Å². The van der Waals surface area contributed by atoms with Crippen LogP contribution in [0.4, 0.5) is 5.69 Å². The minimum absolute atomic E-state index is 0.00348. The van der Waals surface area contributed by atoms with E-state index < -0.39 is 21.9 Å².